The van der Waals surface area contributed by atoms with E-state index in [0.717, 1.165) is 72.0 Å². The van der Waals surface area contributed by atoms with Crippen molar-refractivity contribution in [2.24, 2.45) is 92.7 Å². The number of carbonyl (C=O) groups is 2. The number of carbonyl (C=O) groups excluding carboxylic acids is 2. The molecule has 8 aliphatic carbocycles. The molecule has 0 aromatic rings. The first-order valence-electron chi connectivity index (χ1n) is 23.1. The molecule has 0 aliphatic heterocycles. The van der Waals surface area contributed by atoms with Gasteiger partial charge in [-0.25, -0.2) is 0 Å². The van der Waals surface area contributed by atoms with Crippen LogP contribution in [0.5, 0.6) is 0 Å². The molecular formula is C48H78MgO4. The number of carboxylic acids is 2. The zero-order valence-electron chi connectivity index (χ0n) is 35.2. The van der Waals surface area contributed by atoms with Gasteiger partial charge in [-0.2, -0.15) is 0 Å². The van der Waals surface area contributed by atoms with Gasteiger partial charge in [-0.05, 0) is 221 Å². The second-order valence-corrected chi connectivity index (χ2v) is 22.0. The van der Waals surface area contributed by atoms with Gasteiger partial charge in [0.2, 0.25) is 0 Å². The quantitative estimate of drug-likeness (QED) is 0.232. The molecule has 296 valence electrons. The van der Waals surface area contributed by atoms with Crippen molar-refractivity contribution in [3.8, 4) is 0 Å². The zero-order chi connectivity index (χ0) is 37.1. The minimum Gasteiger partial charge on any atom is -0.550 e. The van der Waals surface area contributed by atoms with E-state index in [1.54, 1.807) is 0 Å². The van der Waals surface area contributed by atoms with Gasteiger partial charge in [0.15, 0.2) is 0 Å². The predicted molar refractivity (Wildman–Crippen MR) is 212 cm³/mol. The van der Waals surface area contributed by atoms with Crippen LogP contribution >= 0.6 is 0 Å². The summed E-state index contributed by atoms with van der Waals surface area (Å²) in [6.45, 7) is 15.1. The zero-order valence-corrected chi connectivity index (χ0v) is 36.7. The van der Waals surface area contributed by atoms with E-state index >= 15 is 0 Å². The fourth-order valence-electron chi connectivity index (χ4n) is 17.6. The molecule has 0 aromatic carbocycles. The first-order valence-corrected chi connectivity index (χ1v) is 23.1. The van der Waals surface area contributed by atoms with Crippen LogP contribution in [0.2, 0.25) is 0 Å². The van der Waals surface area contributed by atoms with E-state index in [4.69, 9.17) is 0 Å². The Balaban J connectivity index is 0.000000178. The minimum absolute atomic E-state index is 0. The van der Waals surface area contributed by atoms with Crippen molar-refractivity contribution in [3.63, 3.8) is 0 Å². The van der Waals surface area contributed by atoms with Crippen LogP contribution in [0.1, 0.15) is 196 Å². The minimum atomic E-state index is -0.871. The van der Waals surface area contributed by atoms with Crippen molar-refractivity contribution in [1.82, 2.24) is 0 Å². The molecule has 8 aliphatic rings. The van der Waals surface area contributed by atoms with Gasteiger partial charge in [0.05, 0.1) is 0 Å². The third-order valence-electron chi connectivity index (χ3n) is 20.3. The number of hydrogen-bond acceptors (Lipinski definition) is 4. The van der Waals surface area contributed by atoms with Crippen molar-refractivity contribution >= 4 is 35.0 Å². The Morgan fingerprint density at radius 1 is 0.491 bits per heavy atom. The fraction of sp³-hybridized carbons (Fsp3) is 0.958. The summed E-state index contributed by atoms with van der Waals surface area (Å²) in [5, 5.41) is 21.9. The van der Waals surface area contributed by atoms with Crippen molar-refractivity contribution in [2.45, 2.75) is 196 Å². The third kappa shape index (κ3) is 7.59. The normalized spacial score (nSPS) is 48.0. The smallest absolute Gasteiger partial charge is 0.550 e. The molecule has 2 unspecified atom stereocenters. The molecule has 0 N–H and O–H groups in total. The van der Waals surface area contributed by atoms with Crippen LogP contribution < -0.4 is 10.2 Å². The number of rotatable bonds is 8. The van der Waals surface area contributed by atoms with Gasteiger partial charge < -0.3 is 19.8 Å². The van der Waals surface area contributed by atoms with Crippen molar-refractivity contribution in [2.75, 3.05) is 0 Å². The molecule has 0 radical (unpaired) electrons. The molecule has 8 fully saturated rings. The molecular weight excluding hydrogens is 665 g/mol. The van der Waals surface area contributed by atoms with Crippen LogP contribution in [-0.2, 0) is 9.59 Å². The fourth-order valence-corrected chi connectivity index (χ4v) is 17.6. The largest absolute Gasteiger partial charge is 2.00 e. The van der Waals surface area contributed by atoms with Crippen LogP contribution in [0.4, 0.5) is 0 Å². The molecule has 8 saturated carbocycles. The molecule has 0 amide bonds. The molecule has 0 spiro atoms. The van der Waals surface area contributed by atoms with Gasteiger partial charge >= 0.3 is 23.1 Å². The average Bonchev–Trinajstić information content (AvgIpc) is 3.66. The number of carboxylic acid groups (broad SMARTS) is 2. The first-order chi connectivity index (χ1) is 24.7. The maximum absolute atomic E-state index is 10.9. The topological polar surface area (TPSA) is 80.3 Å². The van der Waals surface area contributed by atoms with Gasteiger partial charge in [-0.15, -0.1) is 0 Å². The maximum atomic E-state index is 10.9. The Morgan fingerprint density at radius 2 is 0.868 bits per heavy atom. The van der Waals surface area contributed by atoms with E-state index in [0.29, 0.717) is 33.5 Å². The van der Waals surface area contributed by atoms with Crippen LogP contribution in [0.25, 0.3) is 0 Å². The standard InChI is InChI=1S/2C24H40O2.Mg/c2*1-16(7-12-22(25)26)19-10-11-20-18-9-8-17-6-4-5-14-23(17,2)21(18)13-15-24(19,20)3;/h2*16-21H,4-15H2,1-3H3,(H,25,26);/q;;+2/p-2/t2*16-,17?,18+,19-,20+,21+,23+,24-;/m11./s1. The number of aliphatic carboxylic acids is 2. The van der Waals surface area contributed by atoms with E-state index in [-0.39, 0.29) is 35.9 Å². The van der Waals surface area contributed by atoms with Gasteiger partial charge in [-0.1, -0.05) is 67.2 Å². The molecule has 0 bridgehead atoms. The summed E-state index contributed by atoms with van der Waals surface area (Å²) >= 11 is 0. The monoisotopic (exact) mass is 743 g/mol. The Labute approximate surface area is 341 Å². The second kappa shape index (κ2) is 16.5. The van der Waals surface area contributed by atoms with Crippen LogP contribution in [0.3, 0.4) is 0 Å². The molecule has 0 aromatic heterocycles. The maximum Gasteiger partial charge on any atom is 2.00 e. The van der Waals surface area contributed by atoms with Crippen LogP contribution in [0.15, 0.2) is 0 Å². The number of fused-ring (bicyclic) bond motifs is 10. The summed E-state index contributed by atoms with van der Waals surface area (Å²) in [6, 6.07) is 0. The van der Waals surface area contributed by atoms with E-state index in [1.807, 2.05) is 0 Å². The predicted octanol–water partition coefficient (Wildman–Crippen LogP) is 10.0. The SMILES string of the molecule is C[C@H](CCC(=O)[O-])[C@H]1CC[C@H]2[C@@H]3CCC4CCCC[C@]4(C)[C@H]3CC[C@]12C.C[C@H](CCC(=O)[O-])[C@H]1CC[C@H]2[C@@H]3CCC4CCCC[C@]4(C)[C@H]3CC[C@]12C.[Mg+2]. The van der Waals surface area contributed by atoms with Crippen molar-refractivity contribution < 1.29 is 19.8 Å². The molecule has 0 saturated heterocycles. The summed E-state index contributed by atoms with van der Waals surface area (Å²) in [7, 11) is 0. The van der Waals surface area contributed by atoms with Crippen molar-refractivity contribution in [3.05, 3.63) is 0 Å². The summed E-state index contributed by atoms with van der Waals surface area (Å²) in [6.07, 6.45) is 30.9. The molecule has 16 atom stereocenters. The van der Waals surface area contributed by atoms with Gasteiger partial charge in [-0.3, -0.25) is 0 Å². The molecule has 0 heterocycles. The van der Waals surface area contributed by atoms with E-state index in [1.165, 1.54) is 128 Å². The van der Waals surface area contributed by atoms with Gasteiger partial charge in [0.25, 0.3) is 0 Å². The Kier molecular flexibility index (Phi) is 13.2. The molecule has 4 nitrogen and oxygen atoms in total. The summed E-state index contributed by atoms with van der Waals surface area (Å²) in [4.78, 5) is 21.9. The Bertz CT molecular complexity index is 1190. The van der Waals surface area contributed by atoms with E-state index in [9.17, 15) is 19.8 Å². The number of hydrogen-bond donors (Lipinski definition) is 0. The second-order valence-electron chi connectivity index (χ2n) is 22.0. The van der Waals surface area contributed by atoms with Crippen LogP contribution in [0, 0.1) is 92.7 Å². The van der Waals surface area contributed by atoms with E-state index < -0.39 is 11.9 Å². The van der Waals surface area contributed by atoms with E-state index in [2.05, 4.69) is 41.5 Å². The summed E-state index contributed by atoms with van der Waals surface area (Å²) in [5.41, 5.74) is 2.18. The first kappa shape index (κ1) is 42.3. The molecule has 5 heteroatoms. The Morgan fingerprint density at radius 3 is 1.25 bits per heavy atom. The van der Waals surface area contributed by atoms with Crippen LogP contribution in [-0.4, -0.2) is 35.0 Å². The van der Waals surface area contributed by atoms with Gasteiger partial charge in [0, 0.05) is 11.9 Å². The molecule has 53 heavy (non-hydrogen) atoms. The summed E-state index contributed by atoms with van der Waals surface area (Å²) < 4.78 is 0. The summed E-state index contributed by atoms with van der Waals surface area (Å²) in [5.74, 6) is 8.41. The molecule has 8 rings (SSSR count). The van der Waals surface area contributed by atoms with Gasteiger partial charge in [0.1, 0.15) is 0 Å². The Hall–Kier alpha value is -0.294. The average molecular weight is 743 g/mol. The third-order valence-corrected chi connectivity index (χ3v) is 20.3. The van der Waals surface area contributed by atoms with Crippen molar-refractivity contribution in [1.29, 1.82) is 0 Å².